The molecule has 1 aromatic heterocycles. The summed E-state index contributed by atoms with van der Waals surface area (Å²) in [6, 6.07) is 10.7. The summed E-state index contributed by atoms with van der Waals surface area (Å²) < 4.78 is 11.7. The number of H-pyrrole nitrogens is 1. The van der Waals surface area contributed by atoms with Crippen LogP contribution in [0.2, 0.25) is 0 Å². The summed E-state index contributed by atoms with van der Waals surface area (Å²) in [6.45, 7) is 8.84. The molecule has 12 heteroatoms. The van der Waals surface area contributed by atoms with E-state index in [1.807, 2.05) is 50.2 Å². The average Bonchev–Trinajstić information content (AvgIpc) is 3.67. The number of halogens is 1. The Labute approximate surface area is 262 Å². The van der Waals surface area contributed by atoms with E-state index in [1.54, 1.807) is 11.8 Å². The number of morpholine rings is 1. The Kier molecular flexibility index (Phi) is 9.79. The third kappa shape index (κ3) is 6.71. The van der Waals surface area contributed by atoms with Crippen LogP contribution < -0.4 is 26.4 Å². The zero-order valence-electron chi connectivity index (χ0n) is 25.4. The molecule has 2 aliphatic heterocycles. The number of hydrogen-bond donors (Lipinski definition) is 5. The van der Waals surface area contributed by atoms with Gasteiger partial charge in [0.2, 0.25) is 5.91 Å². The highest BCUT2D eigenvalue weighted by atomic mass is 35.5. The number of anilines is 2. The minimum absolute atomic E-state index is 0.0641. The fourth-order valence-electron chi connectivity index (χ4n) is 5.41. The van der Waals surface area contributed by atoms with Gasteiger partial charge in [-0.15, -0.1) is 11.6 Å². The van der Waals surface area contributed by atoms with Gasteiger partial charge in [-0.25, -0.2) is 0 Å². The number of aromatic amines is 1. The molecule has 2 aliphatic rings. The number of alkyl halides is 1. The topological polar surface area (TPSA) is 151 Å². The number of rotatable bonds is 12. The largest absolute Gasteiger partial charge is 0.487 e. The Hall–Kier alpha value is -3.64. The molecular formula is C32H41ClN6O5. The number of amides is 2. The maximum Gasteiger partial charge on any atom is 0.270 e. The van der Waals surface area contributed by atoms with Crippen molar-refractivity contribution in [2.24, 2.45) is 11.7 Å². The molecule has 3 heterocycles. The highest BCUT2D eigenvalue weighted by Gasteiger charge is 2.30. The van der Waals surface area contributed by atoms with E-state index in [0.717, 1.165) is 40.5 Å². The quantitative estimate of drug-likeness (QED) is 0.152. The minimum atomic E-state index is -1.04. The van der Waals surface area contributed by atoms with E-state index in [1.165, 1.54) is 0 Å². The first kappa shape index (κ1) is 31.8. The molecule has 3 atom stereocenters. The fraction of sp³-hybridized carbons (Fsp3) is 0.469. The molecule has 44 heavy (non-hydrogen) atoms. The number of carbonyl (C=O) groups excluding carboxylic acids is 3. The van der Waals surface area contributed by atoms with Crippen LogP contribution in [0.15, 0.2) is 36.4 Å². The Morgan fingerprint density at radius 1 is 1.20 bits per heavy atom. The van der Waals surface area contributed by atoms with E-state index < -0.39 is 11.6 Å². The SMILES string of the molecule is CC(C)[C@@](N)(C=O)CN[C@@H](C)C(=O)Nc1ccc(COc2cc3c(c4cc(C(=O)N5CCOCC5)[nH]c24)[C@H](CCl)CN3)cc1. The molecule has 0 bridgehead atoms. The lowest BCUT2D eigenvalue weighted by molar-refractivity contribution is -0.118. The van der Waals surface area contributed by atoms with Gasteiger partial charge in [-0.2, -0.15) is 0 Å². The lowest BCUT2D eigenvalue weighted by Gasteiger charge is -2.29. The van der Waals surface area contributed by atoms with Gasteiger partial charge < -0.3 is 45.8 Å². The lowest BCUT2D eigenvalue weighted by atomic mass is 9.89. The summed E-state index contributed by atoms with van der Waals surface area (Å²) in [4.78, 5) is 42.6. The molecule has 6 N–H and O–H groups in total. The molecule has 1 fully saturated rings. The summed E-state index contributed by atoms with van der Waals surface area (Å²) in [5, 5.41) is 10.3. The highest BCUT2D eigenvalue weighted by molar-refractivity contribution is 6.19. The Morgan fingerprint density at radius 3 is 2.59 bits per heavy atom. The van der Waals surface area contributed by atoms with Crippen molar-refractivity contribution < 1.29 is 23.9 Å². The summed E-state index contributed by atoms with van der Waals surface area (Å²) in [6.07, 6.45) is 0.733. The van der Waals surface area contributed by atoms with Crippen molar-refractivity contribution in [3.05, 3.63) is 53.2 Å². The van der Waals surface area contributed by atoms with Gasteiger partial charge in [0.25, 0.3) is 5.91 Å². The third-order valence-electron chi connectivity index (χ3n) is 8.60. The molecule has 11 nitrogen and oxygen atoms in total. The van der Waals surface area contributed by atoms with E-state index in [4.69, 9.17) is 26.8 Å². The standard InChI is InChI=1S/C32H41ClN6O5/c1-19(2)32(34,18-40)17-36-20(3)30(41)37-23-6-4-21(5-7-23)16-44-27-13-25-28(22(14-33)15-35-25)24-12-26(38-29(24)27)31(42)39-8-10-43-11-9-39/h4-7,12-13,18-20,22,35-36,38H,8-11,14-17,34H2,1-3H3,(H,37,41)/t20-,22+,32-/m0/s1. The van der Waals surface area contributed by atoms with Crippen LogP contribution in [0.25, 0.3) is 10.9 Å². The van der Waals surface area contributed by atoms with Gasteiger partial charge in [0.1, 0.15) is 24.3 Å². The first-order chi connectivity index (χ1) is 21.1. The predicted molar refractivity (Wildman–Crippen MR) is 172 cm³/mol. The van der Waals surface area contributed by atoms with Crippen LogP contribution in [0.1, 0.15) is 48.3 Å². The first-order valence-corrected chi connectivity index (χ1v) is 15.5. The maximum absolute atomic E-state index is 13.3. The van der Waals surface area contributed by atoms with E-state index in [0.29, 0.717) is 49.3 Å². The van der Waals surface area contributed by atoms with Crippen molar-refractivity contribution in [2.75, 3.05) is 55.9 Å². The second kappa shape index (κ2) is 13.6. The highest BCUT2D eigenvalue weighted by Crippen LogP contribution is 2.43. The van der Waals surface area contributed by atoms with Crippen molar-refractivity contribution in [1.29, 1.82) is 0 Å². The Bertz CT molecular complexity index is 1500. The van der Waals surface area contributed by atoms with E-state index in [2.05, 4.69) is 20.9 Å². The van der Waals surface area contributed by atoms with Gasteiger partial charge in [-0.1, -0.05) is 26.0 Å². The van der Waals surface area contributed by atoms with Crippen molar-refractivity contribution in [3.63, 3.8) is 0 Å². The van der Waals surface area contributed by atoms with Crippen LogP contribution in [0.5, 0.6) is 5.75 Å². The molecule has 0 unspecified atom stereocenters. The van der Waals surface area contributed by atoms with E-state index >= 15 is 0 Å². The van der Waals surface area contributed by atoms with Gasteiger partial charge in [-0.05, 0) is 42.2 Å². The molecule has 5 rings (SSSR count). The monoisotopic (exact) mass is 624 g/mol. The van der Waals surface area contributed by atoms with Crippen molar-refractivity contribution in [1.82, 2.24) is 15.2 Å². The number of hydrogen-bond acceptors (Lipinski definition) is 8. The lowest BCUT2D eigenvalue weighted by Crippen LogP contribution is -2.57. The number of benzene rings is 2. The van der Waals surface area contributed by atoms with Crippen LogP contribution in [-0.4, -0.2) is 84.8 Å². The molecule has 0 saturated carbocycles. The van der Waals surface area contributed by atoms with Gasteiger partial charge in [0.15, 0.2) is 0 Å². The number of nitrogens with two attached hydrogens (primary N) is 1. The Morgan fingerprint density at radius 2 is 1.93 bits per heavy atom. The molecule has 2 aromatic carbocycles. The third-order valence-corrected chi connectivity index (χ3v) is 8.97. The fourth-order valence-corrected chi connectivity index (χ4v) is 5.67. The average molecular weight is 625 g/mol. The summed E-state index contributed by atoms with van der Waals surface area (Å²) >= 11 is 6.30. The predicted octanol–water partition coefficient (Wildman–Crippen LogP) is 3.44. The summed E-state index contributed by atoms with van der Waals surface area (Å²) in [5.41, 5.74) is 9.96. The molecule has 3 aromatic rings. The Balaban J connectivity index is 1.27. The normalized spacial score (nSPS) is 18.4. The zero-order chi connectivity index (χ0) is 31.4. The molecule has 1 saturated heterocycles. The minimum Gasteiger partial charge on any atom is -0.487 e. The van der Waals surface area contributed by atoms with Gasteiger partial charge in [0.05, 0.1) is 30.3 Å². The summed E-state index contributed by atoms with van der Waals surface area (Å²) in [5.74, 6) is 0.863. The van der Waals surface area contributed by atoms with Crippen molar-refractivity contribution in [2.45, 2.75) is 44.9 Å². The second-order valence-corrected chi connectivity index (χ2v) is 12.2. The maximum atomic E-state index is 13.3. The molecular weight excluding hydrogens is 584 g/mol. The number of nitrogens with one attached hydrogen (secondary N) is 4. The van der Waals surface area contributed by atoms with Crippen molar-refractivity contribution >= 4 is 52.0 Å². The molecule has 0 radical (unpaired) electrons. The number of nitrogens with zero attached hydrogens (tertiary/aromatic N) is 1. The smallest absolute Gasteiger partial charge is 0.270 e. The number of aldehydes is 1. The summed E-state index contributed by atoms with van der Waals surface area (Å²) in [7, 11) is 0. The molecule has 236 valence electrons. The van der Waals surface area contributed by atoms with Gasteiger partial charge >= 0.3 is 0 Å². The number of fused-ring (bicyclic) bond motifs is 3. The van der Waals surface area contributed by atoms with Gasteiger partial charge in [-0.3, -0.25) is 9.59 Å². The van der Waals surface area contributed by atoms with Crippen LogP contribution >= 0.6 is 11.6 Å². The van der Waals surface area contributed by atoms with E-state index in [-0.39, 0.29) is 36.8 Å². The van der Waals surface area contributed by atoms with Crippen LogP contribution in [-0.2, 0) is 20.9 Å². The van der Waals surface area contributed by atoms with E-state index in [9.17, 15) is 14.4 Å². The number of aromatic nitrogens is 1. The molecule has 0 aliphatic carbocycles. The van der Waals surface area contributed by atoms with Crippen LogP contribution in [0.3, 0.4) is 0 Å². The number of ether oxygens (including phenoxy) is 2. The molecule has 0 spiro atoms. The van der Waals surface area contributed by atoms with Crippen LogP contribution in [0, 0.1) is 5.92 Å². The first-order valence-electron chi connectivity index (χ1n) is 15.0. The number of carbonyl (C=O) groups is 3. The second-order valence-electron chi connectivity index (χ2n) is 11.9. The molecule has 2 amide bonds. The van der Waals surface area contributed by atoms with Gasteiger partial charge in [0, 0.05) is 60.8 Å². The zero-order valence-corrected chi connectivity index (χ0v) is 26.1. The van der Waals surface area contributed by atoms with Crippen molar-refractivity contribution in [3.8, 4) is 5.75 Å². The van der Waals surface area contributed by atoms with Crippen LogP contribution in [0.4, 0.5) is 11.4 Å².